The maximum absolute atomic E-state index is 12.1. The van der Waals surface area contributed by atoms with Gasteiger partial charge in [0.05, 0.1) is 12.2 Å². The molecule has 210 valence electrons. The summed E-state index contributed by atoms with van der Waals surface area (Å²) in [6.07, 6.45) is 4.37. The highest BCUT2D eigenvalue weighted by Gasteiger charge is 2.49. The van der Waals surface area contributed by atoms with Gasteiger partial charge in [0.2, 0.25) is 0 Å². The van der Waals surface area contributed by atoms with Gasteiger partial charge in [0.15, 0.2) is 0 Å². The van der Waals surface area contributed by atoms with Crippen LogP contribution in [0.25, 0.3) is 6.08 Å². The molecular weight excluding hydrogens is 518 g/mol. The van der Waals surface area contributed by atoms with Crippen molar-refractivity contribution >= 4 is 42.5 Å². The van der Waals surface area contributed by atoms with Crippen LogP contribution in [0.15, 0.2) is 103 Å². The third-order valence-electron chi connectivity index (χ3n) is 6.28. The van der Waals surface area contributed by atoms with E-state index < -0.39 is 26.0 Å². The van der Waals surface area contributed by atoms with Gasteiger partial charge < -0.3 is 14.3 Å². The average molecular weight is 558 g/mol. The second kappa shape index (κ2) is 12.9. The van der Waals surface area contributed by atoms with Crippen molar-refractivity contribution in [3.8, 4) is 0 Å². The number of aliphatic carboxylic acids is 1. The van der Waals surface area contributed by atoms with E-state index >= 15 is 0 Å². The monoisotopic (exact) mass is 557 g/mol. The molecule has 0 aliphatic carbocycles. The number of nitrogens with one attached hydrogen (secondary N) is 1. The fourth-order valence-electron chi connectivity index (χ4n) is 4.53. The first-order valence-corrected chi connectivity index (χ1v) is 15.2. The van der Waals surface area contributed by atoms with Crippen LogP contribution in [0.4, 0.5) is 10.5 Å². The van der Waals surface area contributed by atoms with E-state index in [1.54, 1.807) is 63.3 Å². The van der Waals surface area contributed by atoms with Crippen LogP contribution in [0.3, 0.4) is 0 Å². The minimum absolute atomic E-state index is 0.133. The lowest BCUT2D eigenvalue weighted by Crippen LogP contribution is -2.66. The number of anilines is 1. The molecule has 40 heavy (non-hydrogen) atoms. The van der Waals surface area contributed by atoms with Crippen LogP contribution in [0, 0.1) is 0 Å². The van der Waals surface area contributed by atoms with Crippen LogP contribution >= 0.6 is 0 Å². The number of rotatable bonds is 9. The molecule has 0 bridgehead atoms. The molecule has 0 fully saturated rings. The number of carboxylic acids is 1. The number of hydrogen-bond acceptors (Lipinski definition) is 4. The van der Waals surface area contributed by atoms with Gasteiger partial charge in [-0.15, -0.1) is 0 Å². The third kappa shape index (κ3) is 8.03. The number of carbonyl (C=O) groups is 2. The van der Waals surface area contributed by atoms with E-state index in [4.69, 9.17) is 9.16 Å². The normalized spacial score (nSPS) is 12.8. The maximum Gasteiger partial charge on any atom is 0.412 e. The maximum atomic E-state index is 12.1. The van der Waals surface area contributed by atoms with Gasteiger partial charge in [-0.1, -0.05) is 99.6 Å². The topological polar surface area (TPSA) is 84.9 Å². The molecule has 7 heteroatoms. The van der Waals surface area contributed by atoms with Crippen molar-refractivity contribution in [3.05, 3.63) is 108 Å². The zero-order valence-electron chi connectivity index (χ0n) is 24.1. The number of carbonyl (C=O) groups excluding carboxylic acids is 1. The van der Waals surface area contributed by atoms with Crippen molar-refractivity contribution in [1.29, 1.82) is 0 Å². The quantitative estimate of drug-likeness (QED) is 0.175. The van der Waals surface area contributed by atoms with Crippen LogP contribution in [0.5, 0.6) is 0 Å². The second-order valence-corrected chi connectivity index (χ2v) is 15.8. The molecular formula is C33H39NO5Si. The van der Waals surface area contributed by atoms with E-state index in [-0.39, 0.29) is 17.2 Å². The molecule has 0 heterocycles. The van der Waals surface area contributed by atoms with Gasteiger partial charge in [0.25, 0.3) is 8.32 Å². The van der Waals surface area contributed by atoms with Gasteiger partial charge in [-0.2, -0.15) is 0 Å². The Bertz CT molecular complexity index is 1300. The number of benzene rings is 3. The smallest absolute Gasteiger partial charge is 0.412 e. The number of carboxylic acid groups (broad SMARTS) is 1. The Labute approximate surface area is 238 Å². The van der Waals surface area contributed by atoms with Crippen molar-refractivity contribution in [2.24, 2.45) is 0 Å². The molecule has 0 saturated heterocycles. The first kappa shape index (κ1) is 30.6. The minimum Gasteiger partial charge on any atom is -0.478 e. The molecule has 2 N–H and O–H groups in total. The van der Waals surface area contributed by atoms with Gasteiger partial charge in [-0.05, 0) is 66.0 Å². The molecule has 3 aromatic rings. The predicted octanol–water partition coefficient (Wildman–Crippen LogP) is 6.63. The van der Waals surface area contributed by atoms with Gasteiger partial charge >= 0.3 is 12.1 Å². The van der Waals surface area contributed by atoms with Gasteiger partial charge in [-0.3, -0.25) is 5.32 Å². The summed E-state index contributed by atoms with van der Waals surface area (Å²) in [5.74, 6) is -1.04. The second-order valence-electron chi connectivity index (χ2n) is 11.5. The predicted molar refractivity (Wildman–Crippen MR) is 165 cm³/mol. The Morgan fingerprint density at radius 1 is 0.825 bits per heavy atom. The van der Waals surface area contributed by atoms with Crippen LogP contribution in [-0.2, 0) is 14.0 Å². The van der Waals surface area contributed by atoms with Crippen molar-refractivity contribution < 1.29 is 23.9 Å². The highest BCUT2D eigenvalue weighted by molar-refractivity contribution is 6.99. The average Bonchev–Trinajstić information content (AvgIpc) is 2.88. The molecule has 3 aromatic carbocycles. The molecule has 0 aliphatic rings. The zero-order chi connectivity index (χ0) is 29.4. The summed E-state index contributed by atoms with van der Waals surface area (Å²) in [5, 5.41) is 14.6. The highest BCUT2D eigenvalue weighted by atomic mass is 28.4. The molecule has 6 nitrogen and oxygen atoms in total. The van der Waals surface area contributed by atoms with E-state index in [1.807, 2.05) is 36.4 Å². The van der Waals surface area contributed by atoms with Gasteiger partial charge in [0, 0.05) is 5.69 Å². The molecule has 3 rings (SSSR count). The fourth-order valence-corrected chi connectivity index (χ4v) is 9.02. The highest BCUT2D eigenvalue weighted by Crippen LogP contribution is 2.36. The summed E-state index contributed by atoms with van der Waals surface area (Å²) in [6.45, 7) is 12.1. The van der Waals surface area contributed by atoms with Crippen LogP contribution in [-0.4, -0.2) is 37.7 Å². The zero-order valence-corrected chi connectivity index (χ0v) is 25.1. The van der Waals surface area contributed by atoms with Crippen molar-refractivity contribution in [2.75, 3.05) is 11.9 Å². The van der Waals surface area contributed by atoms with Crippen molar-refractivity contribution in [3.63, 3.8) is 0 Å². The Morgan fingerprint density at radius 3 is 1.80 bits per heavy atom. The Morgan fingerprint density at radius 2 is 1.35 bits per heavy atom. The lowest BCUT2D eigenvalue weighted by molar-refractivity contribution is -0.132. The Hall–Kier alpha value is -3.94. The molecule has 0 atom stereocenters. The van der Waals surface area contributed by atoms with E-state index in [2.05, 4.69) is 50.4 Å². The van der Waals surface area contributed by atoms with Gasteiger partial charge in [0.1, 0.15) is 5.60 Å². The lowest BCUT2D eigenvalue weighted by Gasteiger charge is -2.42. The fraction of sp³-hybridized carbons (Fsp3) is 0.273. The van der Waals surface area contributed by atoms with Crippen LogP contribution in [0.2, 0.25) is 5.04 Å². The summed E-state index contributed by atoms with van der Waals surface area (Å²) < 4.78 is 12.1. The Balaban J connectivity index is 1.82. The molecule has 0 spiro atoms. The third-order valence-corrected chi connectivity index (χ3v) is 11.3. The number of hydrogen-bond donors (Lipinski definition) is 2. The first-order chi connectivity index (χ1) is 18.8. The lowest BCUT2D eigenvalue weighted by atomic mass is 10.1. The van der Waals surface area contributed by atoms with Crippen molar-refractivity contribution in [1.82, 2.24) is 0 Å². The standard InChI is InChI=1S/C33H39NO5Si/c1-32(2,3)39-31(37)34-27-21-18-25(19-22-27)17-20-26(30(35)36)23-24-38-40(33(4,5)6,28-13-9-7-10-14-28)29-15-11-8-12-16-29/h7-23H,24H2,1-6H3,(H,34,37)(H,35,36). The molecule has 0 aromatic heterocycles. The summed E-state index contributed by atoms with van der Waals surface area (Å²) in [5.41, 5.74) is 0.913. The van der Waals surface area contributed by atoms with Gasteiger partial charge in [-0.25, -0.2) is 9.59 Å². The van der Waals surface area contributed by atoms with E-state index in [1.165, 1.54) is 0 Å². The summed E-state index contributed by atoms with van der Waals surface area (Å²) in [7, 11) is -2.78. The largest absolute Gasteiger partial charge is 0.478 e. The molecule has 0 unspecified atom stereocenters. The summed E-state index contributed by atoms with van der Waals surface area (Å²) in [6, 6.07) is 27.5. The minimum atomic E-state index is -2.78. The number of ether oxygens (including phenoxy) is 1. The van der Waals surface area contributed by atoms with E-state index in [0.717, 1.165) is 15.9 Å². The summed E-state index contributed by atoms with van der Waals surface area (Å²) in [4.78, 5) is 24.1. The first-order valence-electron chi connectivity index (χ1n) is 13.3. The molecule has 0 radical (unpaired) electrons. The Kier molecular flexibility index (Phi) is 9.90. The van der Waals surface area contributed by atoms with Crippen LogP contribution in [0.1, 0.15) is 47.1 Å². The molecule has 1 amide bonds. The molecule has 0 saturated carbocycles. The summed E-state index contributed by atoms with van der Waals surface area (Å²) >= 11 is 0. The van der Waals surface area contributed by atoms with Crippen molar-refractivity contribution in [2.45, 2.75) is 52.2 Å². The SMILES string of the molecule is CC(C)(C)OC(=O)Nc1ccc(C=CC(=CCO[Si](c2ccccc2)(c2ccccc2)C(C)(C)C)C(=O)O)cc1. The number of amides is 1. The molecule has 0 aliphatic heterocycles. The van der Waals surface area contributed by atoms with Crippen LogP contribution < -0.4 is 15.7 Å². The van der Waals surface area contributed by atoms with E-state index in [9.17, 15) is 14.7 Å². The van der Waals surface area contributed by atoms with E-state index in [0.29, 0.717) is 5.69 Å².